The van der Waals surface area contributed by atoms with Crippen LogP contribution in [0.2, 0.25) is 0 Å². The molecule has 1 saturated carbocycles. The normalized spacial score (nSPS) is 21.6. The minimum Gasteiger partial charge on any atom is -0.207 e. The fourth-order valence-electron chi connectivity index (χ4n) is 5.19. The molecule has 2 aliphatic carbocycles. The van der Waals surface area contributed by atoms with Gasteiger partial charge in [0.05, 0.1) is 0 Å². The Morgan fingerprint density at radius 2 is 1.72 bits per heavy atom. The summed E-state index contributed by atoms with van der Waals surface area (Å²) < 4.78 is 28.4. The molecule has 0 heterocycles. The minimum absolute atomic E-state index is 0.107. The first-order valence-electron chi connectivity index (χ1n) is 11.4. The molecule has 0 unspecified atom stereocenters. The second-order valence-corrected chi connectivity index (χ2v) is 8.97. The predicted molar refractivity (Wildman–Crippen MR) is 118 cm³/mol. The maximum Gasteiger partial charge on any atom is 0.130 e. The molecule has 0 radical (unpaired) electrons. The van der Waals surface area contributed by atoms with E-state index in [1.54, 1.807) is 18.2 Å². The van der Waals surface area contributed by atoms with Crippen LogP contribution >= 0.6 is 0 Å². The molecular formula is C27H32F2. The van der Waals surface area contributed by atoms with Crippen LogP contribution < -0.4 is 0 Å². The summed E-state index contributed by atoms with van der Waals surface area (Å²) in [5, 5.41) is 0. The zero-order valence-corrected chi connectivity index (χ0v) is 17.5. The van der Waals surface area contributed by atoms with Crippen LogP contribution in [0.25, 0.3) is 11.6 Å². The van der Waals surface area contributed by atoms with Crippen molar-refractivity contribution >= 4 is 11.6 Å². The highest BCUT2D eigenvalue weighted by Crippen LogP contribution is 2.39. The smallest absolute Gasteiger partial charge is 0.130 e. The van der Waals surface area contributed by atoms with E-state index >= 15 is 4.39 Å². The summed E-state index contributed by atoms with van der Waals surface area (Å²) in [6, 6.07) is 10.8. The Hall–Kier alpha value is -1.96. The highest BCUT2D eigenvalue weighted by atomic mass is 19.1. The number of allylic oxidation sites excluding steroid dienone is 1. The fourth-order valence-corrected chi connectivity index (χ4v) is 5.19. The summed E-state index contributed by atoms with van der Waals surface area (Å²) in [5.41, 5.74) is 4.92. The van der Waals surface area contributed by atoms with Gasteiger partial charge < -0.3 is 0 Å². The number of unbranched alkanes of at least 4 members (excludes halogenated alkanes) is 2. The molecule has 154 valence electrons. The second kappa shape index (κ2) is 9.24. The summed E-state index contributed by atoms with van der Waals surface area (Å²) in [5.74, 6) is 1.07. The van der Waals surface area contributed by atoms with E-state index in [-0.39, 0.29) is 11.6 Å². The summed E-state index contributed by atoms with van der Waals surface area (Å²) >= 11 is 0. The Morgan fingerprint density at radius 3 is 2.48 bits per heavy atom. The van der Waals surface area contributed by atoms with E-state index in [1.807, 2.05) is 12.1 Å². The van der Waals surface area contributed by atoms with Gasteiger partial charge in [0.25, 0.3) is 0 Å². The average Bonchev–Trinajstić information content (AvgIpc) is 2.74. The van der Waals surface area contributed by atoms with Crippen LogP contribution in [0.3, 0.4) is 0 Å². The molecule has 0 nitrogen and oxygen atoms in total. The molecule has 0 amide bonds. The zero-order valence-electron chi connectivity index (χ0n) is 17.5. The molecule has 2 heteroatoms. The van der Waals surface area contributed by atoms with E-state index in [0.717, 1.165) is 41.0 Å². The van der Waals surface area contributed by atoms with Gasteiger partial charge in [0.1, 0.15) is 11.6 Å². The largest absolute Gasteiger partial charge is 0.207 e. The topological polar surface area (TPSA) is 0 Å². The van der Waals surface area contributed by atoms with Crippen LogP contribution in [-0.2, 0) is 6.42 Å². The van der Waals surface area contributed by atoms with E-state index in [1.165, 1.54) is 57.4 Å². The number of fused-ring (bicyclic) bond motifs is 1. The zero-order chi connectivity index (χ0) is 20.2. The quantitative estimate of drug-likeness (QED) is 0.432. The Labute approximate surface area is 174 Å². The van der Waals surface area contributed by atoms with Crippen molar-refractivity contribution in [1.82, 2.24) is 0 Å². The Morgan fingerprint density at radius 1 is 0.897 bits per heavy atom. The number of hydrogen-bond acceptors (Lipinski definition) is 0. The number of benzene rings is 2. The van der Waals surface area contributed by atoms with Crippen LogP contribution in [0.15, 0.2) is 36.4 Å². The van der Waals surface area contributed by atoms with Gasteiger partial charge in [-0.1, -0.05) is 56.9 Å². The molecule has 29 heavy (non-hydrogen) atoms. The van der Waals surface area contributed by atoms with Crippen LogP contribution in [0.1, 0.15) is 92.9 Å². The van der Waals surface area contributed by atoms with Gasteiger partial charge in [0.2, 0.25) is 0 Å². The molecule has 2 aliphatic rings. The third-order valence-corrected chi connectivity index (χ3v) is 6.97. The van der Waals surface area contributed by atoms with Crippen molar-refractivity contribution in [2.45, 2.75) is 77.0 Å². The molecule has 2 aromatic carbocycles. The van der Waals surface area contributed by atoms with E-state index in [4.69, 9.17) is 0 Å². The monoisotopic (exact) mass is 394 g/mol. The second-order valence-electron chi connectivity index (χ2n) is 8.97. The van der Waals surface area contributed by atoms with Crippen molar-refractivity contribution in [3.8, 4) is 0 Å². The maximum absolute atomic E-state index is 15.0. The lowest BCUT2D eigenvalue weighted by molar-refractivity contribution is 0.302. The number of rotatable bonds is 6. The minimum atomic E-state index is -0.198. The summed E-state index contributed by atoms with van der Waals surface area (Å²) in [6.45, 7) is 2.26. The van der Waals surface area contributed by atoms with Gasteiger partial charge in [-0.2, -0.15) is 0 Å². The molecule has 2 aromatic rings. The molecule has 0 atom stereocenters. The van der Waals surface area contributed by atoms with Gasteiger partial charge in [-0.25, -0.2) is 8.78 Å². The molecule has 0 spiro atoms. The van der Waals surface area contributed by atoms with Gasteiger partial charge in [-0.15, -0.1) is 0 Å². The first kappa shape index (κ1) is 20.3. The first-order chi connectivity index (χ1) is 14.1. The molecule has 0 aromatic heterocycles. The molecular weight excluding hydrogens is 362 g/mol. The van der Waals surface area contributed by atoms with Crippen LogP contribution in [-0.4, -0.2) is 0 Å². The van der Waals surface area contributed by atoms with Gasteiger partial charge >= 0.3 is 0 Å². The average molecular weight is 395 g/mol. The van der Waals surface area contributed by atoms with Crippen molar-refractivity contribution in [3.05, 3.63) is 70.3 Å². The molecule has 0 bridgehead atoms. The standard InChI is InChI=1S/C27H32F2/c1-2-3-4-5-19-6-8-20(9-7-19)23-13-15-26(27(29)18-23)24-11-10-22-17-25(28)14-12-21(22)16-24/h12-20H,2-11H2,1H3. The van der Waals surface area contributed by atoms with Crippen molar-refractivity contribution in [3.63, 3.8) is 0 Å². The van der Waals surface area contributed by atoms with Gasteiger partial charge in [0.15, 0.2) is 0 Å². The van der Waals surface area contributed by atoms with Gasteiger partial charge in [0, 0.05) is 5.56 Å². The Balaban J connectivity index is 1.43. The van der Waals surface area contributed by atoms with E-state index in [9.17, 15) is 4.39 Å². The molecule has 4 rings (SSSR count). The summed E-state index contributed by atoms with van der Waals surface area (Å²) in [6.07, 6.45) is 13.9. The van der Waals surface area contributed by atoms with Gasteiger partial charge in [-0.3, -0.25) is 0 Å². The summed E-state index contributed by atoms with van der Waals surface area (Å²) in [4.78, 5) is 0. The van der Waals surface area contributed by atoms with Crippen LogP contribution in [0.4, 0.5) is 8.78 Å². The SMILES string of the molecule is CCCCCC1CCC(c2ccc(C3=Cc4ccc(F)cc4CC3)c(F)c2)CC1. The molecule has 0 N–H and O–H groups in total. The summed E-state index contributed by atoms with van der Waals surface area (Å²) in [7, 11) is 0. The van der Waals surface area contributed by atoms with Crippen molar-refractivity contribution in [1.29, 1.82) is 0 Å². The van der Waals surface area contributed by atoms with Crippen molar-refractivity contribution < 1.29 is 8.78 Å². The van der Waals surface area contributed by atoms with Gasteiger partial charge in [-0.05, 0) is 90.8 Å². The third kappa shape index (κ3) is 4.79. The van der Waals surface area contributed by atoms with Crippen LogP contribution in [0.5, 0.6) is 0 Å². The van der Waals surface area contributed by atoms with E-state index < -0.39 is 0 Å². The van der Waals surface area contributed by atoms with Crippen molar-refractivity contribution in [2.75, 3.05) is 0 Å². The predicted octanol–water partition coefficient (Wildman–Crippen LogP) is 8.31. The number of halogens is 2. The number of hydrogen-bond donors (Lipinski definition) is 0. The molecule has 0 aliphatic heterocycles. The third-order valence-electron chi connectivity index (χ3n) is 6.97. The molecule has 1 fully saturated rings. The lowest BCUT2D eigenvalue weighted by Crippen LogP contribution is -2.13. The Bertz CT molecular complexity index is 872. The van der Waals surface area contributed by atoms with E-state index in [0.29, 0.717) is 11.5 Å². The molecule has 0 saturated heterocycles. The first-order valence-corrected chi connectivity index (χ1v) is 11.4. The maximum atomic E-state index is 15.0. The van der Waals surface area contributed by atoms with Crippen molar-refractivity contribution in [2.24, 2.45) is 5.92 Å². The number of aryl methyl sites for hydroxylation is 1. The lowest BCUT2D eigenvalue weighted by atomic mass is 9.76. The highest BCUT2D eigenvalue weighted by Gasteiger charge is 2.23. The fraction of sp³-hybridized carbons (Fsp3) is 0.481. The Kier molecular flexibility index (Phi) is 6.47. The highest BCUT2D eigenvalue weighted by molar-refractivity contribution is 5.84. The lowest BCUT2D eigenvalue weighted by Gasteiger charge is -2.29. The van der Waals surface area contributed by atoms with E-state index in [2.05, 4.69) is 13.0 Å². The van der Waals surface area contributed by atoms with Crippen LogP contribution in [0, 0.1) is 17.6 Å².